The van der Waals surface area contributed by atoms with Crippen molar-refractivity contribution in [1.82, 2.24) is 9.80 Å². The monoisotopic (exact) mass is 391 g/mol. The molecule has 2 aliphatic rings. The molecule has 0 radical (unpaired) electrons. The Morgan fingerprint density at radius 1 is 0.931 bits per heavy atom. The number of hydrogen-bond donors (Lipinski definition) is 0. The van der Waals surface area contributed by atoms with E-state index in [9.17, 15) is 14.4 Å². The second kappa shape index (κ2) is 7.70. The molecule has 3 amide bonds. The fourth-order valence-electron chi connectivity index (χ4n) is 4.02. The van der Waals surface area contributed by atoms with Crippen LogP contribution < -0.4 is 4.90 Å². The van der Waals surface area contributed by atoms with E-state index < -0.39 is 0 Å². The lowest BCUT2D eigenvalue weighted by Crippen LogP contribution is -2.29. The minimum absolute atomic E-state index is 0.178. The first kappa shape index (κ1) is 19.2. The molecule has 0 atom stereocenters. The third-order valence-corrected chi connectivity index (χ3v) is 5.76. The van der Waals surface area contributed by atoms with E-state index in [0.29, 0.717) is 23.2 Å². The molecule has 0 spiro atoms. The van der Waals surface area contributed by atoms with E-state index in [1.54, 1.807) is 24.1 Å². The normalized spacial score (nSPS) is 16.2. The summed E-state index contributed by atoms with van der Waals surface area (Å²) < 4.78 is 0. The third kappa shape index (κ3) is 3.62. The van der Waals surface area contributed by atoms with Crippen molar-refractivity contribution < 1.29 is 14.4 Å². The second-order valence-electron chi connectivity index (χ2n) is 7.81. The van der Waals surface area contributed by atoms with E-state index in [0.717, 1.165) is 23.6 Å². The number of hydrogen-bond acceptors (Lipinski definition) is 4. The molecular weight excluding hydrogens is 366 g/mol. The van der Waals surface area contributed by atoms with Gasteiger partial charge in [-0.15, -0.1) is 0 Å². The van der Waals surface area contributed by atoms with Gasteiger partial charge in [0.1, 0.15) is 0 Å². The summed E-state index contributed by atoms with van der Waals surface area (Å²) in [6.45, 7) is 2.68. The standard InChI is InChI=1S/C23H25N3O3/c1-24(15-16-6-9-18(10-7-16)26-12-4-3-5-13-26)21(27)17-8-11-19-20(14-17)23(29)25(2)22(19)28/h6-11,14H,3-5,12-13,15H2,1-2H3. The Morgan fingerprint density at radius 2 is 1.59 bits per heavy atom. The fraction of sp³-hybridized carbons (Fsp3) is 0.348. The third-order valence-electron chi connectivity index (χ3n) is 5.76. The smallest absolute Gasteiger partial charge is 0.261 e. The topological polar surface area (TPSA) is 60.9 Å². The van der Waals surface area contributed by atoms with E-state index in [2.05, 4.69) is 29.2 Å². The predicted molar refractivity (Wildman–Crippen MR) is 111 cm³/mol. The molecule has 2 aliphatic heterocycles. The van der Waals surface area contributed by atoms with Crippen LogP contribution in [0.2, 0.25) is 0 Å². The van der Waals surface area contributed by atoms with Gasteiger partial charge in [0.15, 0.2) is 0 Å². The van der Waals surface area contributed by atoms with Gasteiger partial charge in [0, 0.05) is 45.0 Å². The summed E-state index contributed by atoms with van der Waals surface area (Å²) in [4.78, 5) is 42.1. The minimum atomic E-state index is -0.365. The number of imide groups is 1. The van der Waals surface area contributed by atoms with Crippen LogP contribution in [-0.2, 0) is 6.54 Å². The molecule has 2 aromatic carbocycles. The van der Waals surface area contributed by atoms with E-state index in [4.69, 9.17) is 0 Å². The molecule has 2 heterocycles. The lowest BCUT2D eigenvalue weighted by atomic mass is 10.0. The average Bonchev–Trinajstić information content (AvgIpc) is 2.98. The molecule has 6 nitrogen and oxygen atoms in total. The molecule has 0 bridgehead atoms. The number of nitrogens with zero attached hydrogens (tertiary/aromatic N) is 3. The van der Waals surface area contributed by atoms with Gasteiger partial charge in [-0.1, -0.05) is 12.1 Å². The van der Waals surface area contributed by atoms with Crippen molar-refractivity contribution in [3.8, 4) is 0 Å². The van der Waals surface area contributed by atoms with Gasteiger partial charge in [0.25, 0.3) is 17.7 Å². The predicted octanol–water partition coefficient (Wildman–Crippen LogP) is 3.17. The van der Waals surface area contributed by atoms with Crippen LogP contribution in [0.15, 0.2) is 42.5 Å². The first-order valence-corrected chi connectivity index (χ1v) is 10.0. The van der Waals surface area contributed by atoms with E-state index in [-0.39, 0.29) is 17.7 Å². The second-order valence-corrected chi connectivity index (χ2v) is 7.81. The van der Waals surface area contributed by atoms with Gasteiger partial charge in [0.05, 0.1) is 11.1 Å². The molecule has 4 rings (SSSR count). The first-order chi connectivity index (χ1) is 14.0. The van der Waals surface area contributed by atoms with Crippen LogP contribution in [0.4, 0.5) is 5.69 Å². The number of benzene rings is 2. The zero-order valence-electron chi connectivity index (χ0n) is 16.9. The van der Waals surface area contributed by atoms with Crippen molar-refractivity contribution in [2.24, 2.45) is 0 Å². The molecule has 1 saturated heterocycles. The molecule has 0 aromatic heterocycles. The highest BCUT2D eigenvalue weighted by Crippen LogP contribution is 2.24. The fourth-order valence-corrected chi connectivity index (χ4v) is 4.02. The van der Waals surface area contributed by atoms with Gasteiger partial charge in [-0.25, -0.2) is 0 Å². The van der Waals surface area contributed by atoms with Crippen LogP contribution in [0.3, 0.4) is 0 Å². The zero-order valence-corrected chi connectivity index (χ0v) is 16.9. The van der Waals surface area contributed by atoms with Gasteiger partial charge < -0.3 is 9.80 Å². The maximum Gasteiger partial charge on any atom is 0.261 e. The lowest BCUT2D eigenvalue weighted by Gasteiger charge is -2.29. The molecule has 150 valence electrons. The summed E-state index contributed by atoms with van der Waals surface area (Å²) in [5.74, 6) is -0.871. The van der Waals surface area contributed by atoms with Crippen molar-refractivity contribution in [3.05, 3.63) is 64.7 Å². The Morgan fingerprint density at radius 3 is 2.28 bits per heavy atom. The Balaban J connectivity index is 1.45. The highest BCUT2D eigenvalue weighted by Gasteiger charge is 2.33. The number of fused-ring (bicyclic) bond motifs is 1. The Labute approximate surface area is 170 Å². The van der Waals surface area contributed by atoms with Crippen LogP contribution in [0.1, 0.15) is 55.9 Å². The SMILES string of the molecule is CN(Cc1ccc(N2CCCCC2)cc1)C(=O)c1ccc2c(c1)C(=O)N(C)C2=O. The summed E-state index contributed by atoms with van der Waals surface area (Å²) in [7, 11) is 3.19. The molecule has 0 unspecified atom stereocenters. The molecule has 1 fully saturated rings. The number of rotatable bonds is 4. The Hall–Kier alpha value is -3.15. The van der Waals surface area contributed by atoms with Gasteiger partial charge in [-0.05, 0) is 55.2 Å². The van der Waals surface area contributed by atoms with Crippen molar-refractivity contribution >= 4 is 23.4 Å². The van der Waals surface area contributed by atoms with Crippen LogP contribution in [0, 0.1) is 0 Å². The molecule has 0 saturated carbocycles. The number of piperidine rings is 1. The van der Waals surface area contributed by atoms with Crippen molar-refractivity contribution in [1.29, 1.82) is 0 Å². The highest BCUT2D eigenvalue weighted by molar-refractivity contribution is 6.21. The zero-order chi connectivity index (χ0) is 20.5. The largest absolute Gasteiger partial charge is 0.372 e. The van der Waals surface area contributed by atoms with E-state index in [1.165, 1.54) is 38.1 Å². The van der Waals surface area contributed by atoms with Crippen LogP contribution in [-0.4, -0.2) is 54.7 Å². The number of carbonyl (C=O) groups is 3. The molecular formula is C23H25N3O3. The van der Waals surface area contributed by atoms with Crippen molar-refractivity contribution in [3.63, 3.8) is 0 Å². The van der Waals surface area contributed by atoms with Crippen molar-refractivity contribution in [2.45, 2.75) is 25.8 Å². The summed E-state index contributed by atoms with van der Waals surface area (Å²) in [5.41, 5.74) is 3.34. The van der Waals surface area contributed by atoms with E-state index in [1.807, 2.05) is 0 Å². The summed E-state index contributed by atoms with van der Waals surface area (Å²) in [6, 6.07) is 13.1. The van der Waals surface area contributed by atoms with Gasteiger partial charge in [-0.3, -0.25) is 19.3 Å². The number of anilines is 1. The summed E-state index contributed by atoms with van der Waals surface area (Å²) in [5, 5.41) is 0. The molecule has 0 N–H and O–H groups in total. The van der Waals surface area contributed by atoms with Crippen LogP contribution >= 0.6 is 0 Å². The quantitative estimate of drug-likeness (QED) is 0.751. The maximum absolute atomic E-state index is 12.8. The van der Waals surface area contributed by atoms with Gasteiger partial charge in [0.2, 0.25) is 0 Å². The summed E-state index contributed by atoms with van der Waals surface area (Å²) >= 11 is 0. The highest BCUT2D eigenvalue weighted by atomic mass is 16.2. The van der Waals surface area contributed by atoms with Gasteiger partial charge in [-0.2, -0.15) is 0 Å². The maximum atomic E-state index is 12.8. The average molecular weight is 391 g/mol. The van der Waals surface area contributed by atoms with Crippen LogP contribution in [0.25, 0.3) is 0 Å². The molecule has 6 heteroatoms. The number of amides is 3. The van der Waals surface area contributed by atoms with Crippen LogP contribution in [0.5, 0.6) is 0 Å². The Bertz CT molecular complexity index is 962. The molecule has 0 aliphatic carbocycles. The van der Waals surface area contributed by atoms with E-state index >= 15 is 0 Å². The first-order valence-electron chi connectivity index (χ1n) is 10.0. The molecule has 2 aromatic rings. The van der Waals surface area contributed by atoms with Crippen molar-refractivity contribution in [2.75, 3.05) is 32.1 Å². The molecule has 29 heavy (non-hydrogen) atoms. The number of carbonyl (C=O) groups excluding carboxylic acids is 3. The lowest BCUT2D eigenvalue weighted by molar-refractivity contribution is 0.0692. The van der Waals surface area contributed by atoms with Gasteiger partial charge >= 0.3 is 0 Å². The minimum Gasteiger partial charge on any atom is -0.372 e. The Kier molecular flexibility index (Phi) is 5.09. The summed E-state index contributed by atoms with van der Waals surface area (Å²) in [6.07, 6.45) is 3.79.